The smallest absolute Gasteiger partial charge is 0.428 e. The Morgan fingerprint density at radius 2 is 2.00 bits per heavy atom. The lowest BCUT2D eigenvalue weighted by Gasteiger charge is -2.42. The van der Waals surface area contributed by atoms with Crippen LogP contribution in [0.4, 0.5) is 10.5 Å². The molecule has 1 unspecified atom stereocenters. The highest BCUT2D eigenvalue weighted by atomic mass is 16.7. The average molecular weight is 447 g/mol. The van der Waals surface area contributed by atoms with E-state index in [1.54, 1.807) is 7.11 Å². The maximum atomic E-state index is 12.4. The van der Waals surface area contributed by atoms with Gasteiger partial charge in [0.25, 0.3) is 5.69 Å². The summed E-state index contributed by atoms with van der Waals surface area (Å²) < 4.78 is 28.8. The summed E-state index contributed by atoms with van der Waals surface area (Å²) in [5, 5.41) is 10.8. The molecule has 1 aliphatic carbocycles. The van der Waals surface area contributed by atoms with E-state index in [9.17, 15) is 14.9 Å². The van der Waals surface area contributed by atoms with Crippen molar-refractivity contribution in [1.29, 1.82) is 0 Å². The SMILES string of the molecule is CO[C@@H]1[C@H](OC(=O)Oc2ccc([N+](=O)[O-])cc2)CC[C@]2(CO2)[C@H]1[C@@]1(C)OC1CC=C(C)C. The highest BCUT2D eigenvalue weighted by Gasteiger charge is 2.72. The predicted molar refractivity (Wildman–Crippen MR) is 114 cm³/mol. The van der Waals surface area contributed by atoms with Gasteiger partial charge in [0.05, 0.1) is 23.6 Å². The number of benzene rings is 1. The number of hydrogen-bond donors (Lipinski definition) is 0. The second-order valence-electron chi connectivity index (χ2n) is 9.14. The van der Waals surface area contributed by atoms with E-state index < -0.39 is 28.9 Å². The Labute approximate surface area is 186 Å². The summed E-state index contributed by atoms with van der Waals surface area (Å²) in [5.41, 5.74) is 0.419. The van der Waals surface area contributed by atoms with Gasteiger partial charge in [-0.3, -0.25) is 10.1 Å². The summed E-state index contributed by atoms with van der Waals surface area (Å²) in [7, 11) is 1.61. The van der Waals surface area contributed by atoms with E-state index in [0.29, 0.717) is 13.0 Å². The van der Waals surface area contributed by atoms with E-state index in [0.717, 1.165) is 12.8 Å². The second-order valence-corrected chi connectivity index (χ2v) is 9.14. The molecule has 0 amide bonds. The molecule has 174 valence electrons. The molecule has 9 heteroatoms. The Morgan fingerprint density at radius 3 is 2.56 bits per heavy atom. The first-order valence-electron chi connectivity index (χ1n) is 10.8. The summed E-state index contributed by atoms with van der Waals surface area (Å²) in [6.07, 6.45) is 2.56. The minimum atomic E-state index is -0.875. The van der Waals surface area contributed by atoms with Gasteiger partial charge in [-0.15, -0.1) is 0 Å². The lowest BCUT2D eigenvalue weighted by molar-refractivity contribution is -0.384. The molecule has 2 aliphatic heterocycles. The molecule has 0 aromatic heterocycles. The fourth-order valence-corrected chi connectivity index (χ4v) is 4.95. The highest BCUT2D eigenvalue weighted by Crippen LogP contribution is 2.59. The lowest BCUT2D eigenvalue weighted by atomic mass is 9.68. The van der Waals surface area contributed by atoms with Crippen LogP contribution in [0.2, 0.25) is 0 Å². The molecular weight excluding hydrogens is 418 g/mol. The quantitative estimate of drug-likeness (QED) is 0.153. The summed E-state index contributed by atoms with van der Waals surface area (Å²) >= 11 is 0. The number of ether oxygens (including phenoxy) is 5. The topological polar surface area (TPSA) is 113 Å². The van der Waals surface area contributed by atoms with Gasteiger partial charge in [-0.05, 0) is 52.2 Å². The van der Waals surface area contributed by atoms with Crippen molar-refractivity contribution in [2.24, 2.45) is 5.92 Å². The Morgan fingerprint density at radius 1 is 1.31 bits per heavy atom. The first-order chi connectivity index (χ1) is 15.2. The number of nitro benzene ring substituents is 1. The van der Waals surface area contributed by atoms with Crippen molar-refractivity contribution in [1.82, 2.24) is 0 Å². The van der Waals surface area contributed by atoms with Gasteiger partial charge in [0.2, 0.25) is 0 Å². The maximum absolute atomic E-state index is 12.4. The van der Waals surface area contributed by atoms with Crippen LogP contribution in [-0.4, -0.2) is 54.3 Å². The Hall–Kier alpha value is -2.49. The number of epoxide rings is 2. The van der Waals surface area contributed by atoms with Gasteiger partial charge in [0, 0.05) is 19.2 Å². The first kappa shape index (κ1) is 22.7. The van der Waals surface area contributed by atoms with Crippen LogP contribution in [0.3, 0.4) is 0 Å². The number of allylic oxidation sites excluding steroid dienone is 1. The Bertz CT molecular complexity index is 905. The number of methoxy groups -OCH3 is 1. The molecule has 1 spiro atoms. The van der Waals surface area contributed by atoms with Crippen LogP contribution in [0.1, 0.15) is 40.0 Å². The Balaban J connectivity index is 1.44. The highest BCUT2D eigenvalue weighted by molar-refractivity contribution is 5.64. The van der Waals surface area contributed by atoms with Gasteiger partial charge in [0.1, 0.15) is 29.2 Å². The van der Waals surface area contributed by atoms with E-state index >= 15 is 0 Å². The molecule has 3 fully saturated rings. The van der Waals surface area contributed by atoms with Gasteiger partial charge in [-0.25, -0.2) is 4.79 Å². The van der Waals surface area contributed by atoms with Crippen LogP contribution in [0.15, 0.2) is 35.9 Å². The molecule has 0 bridgehead atoms. The third-order valence-corrected chi connectivity index (χ3v) is 6.73. The van der Waals surface area contributed by atoms with Crippen molar-refractivity contribution in [2.75, 3.05) is 13.7 Å². The lowest BCUT2D eigenvalue weighted by Crippen LogP contribution is -2.55. The molecule has 32 heavy (non-hydrogen) atoms. The van der Waals surface area contributed by atoms with Gasteiger partial charge >= 0.3 is 6.16 Å². The zero-order chi connectivity index (χ0) is 23.1. The summed E-state index contributed by atoms with van der Waals surface area (Å²) in [6.45, 7) is 6.84. The number of nitro groups is 1. The molecule has 3 aliphatic rings. The fraction of sp³-hybridized carbons (Fsp3) is 0.609. The predicted octanol–water partition coefficient (Wildman–Crippen LogP) is 4.19. The third-order valence-electron chi connectivity index (χ3n) is 6.73. The number of carbonyl (C=O) groups is 1. The fourth-order valence-electron chi connectivity index (χ4n) is 4.95. The van der Waals surface area contributed by atoms with Crippen LogP contribution in [0, 0.1) is 16.0 Å². The maximum Gasteiger partial charge on any atom is 0.514 e. The molecule has 4 rings (SSSR count). The van der Waals surface area contributed by atoms with Crippen molar-refractivity contribution in [2.45, 2.75) is 69.5 Å². The zero-order valence-corrected chi connectivity index (χ0v) is 18.7. The van der Waals surface area contributed by atoms with Crippen molar-refractivity contribution >= 4 is 11.8 Å². The minimum Gasteiger partial charge on any atom is -0.428 e. The normalized spacial score (nSPS) is 35.1. The molecule has 1 aromatic carbocycles. The first-order valence-corrected chi connectivity index (χ1v) is 10.8. The number of carbonyl (C=O) groups excluding carboxylic acids is 1. The molecule has 2 saturated heterocycles. The summed E-state index contributed by atoms with van der Waals surface area (Å²) in [4.78, 5) is 22.7. The second kappa shape index (κ2) is 8.46. The van der Waals surface area contributed by atoms with Crippen LogP contribution < -0.4 is 4.74 Å². The van der Waals surface area contributed by atoms with Gasteiger partial charge < -0.3 is 23.7 Å². The molecule has 9 nitrogen and oxygen atoms in total. The molecule has 0 N–H and O–H groups in total. The largest absolute Gasteiger partial charge is 0.514 e. The van der Waals surface area contributed by atoms with Crippen molar-refractivity contribution in [3.8, 4) is 5.75 Å². The van der Waals surface area contributed by atoms with Crippen molar-refractivity contribution < 1.29 is 33.4 Å². The summed E-state index contributed by atoms with van der Waals surface area (Å²) in [5.74, 6) is 0.0877. The van der Waals surface area contributed by atoms with E-state index in [-0.39, 0.29) is 29.1 Å². The molecular formula is C23H29NO8. The molecule has 1 saturated carbocycles. The zero-order valence-electron chi connectivity index (χ0n) is 18.7. The summed E-state index contributed by atoms with van der Waals surface area (Å²) in [6, 6.07) is 5.25. The van der Waals surface area contributed by atoms with E-state index in [4.69, 9.17) is 23.7 Å². The van der Waals surface area contributed by atoms with Crippen molar-refractivity contribution in [3.05, 3.63) is 46.0 Å². The van der Waals surface area contributed by atoms with Crippen molar-refractivity contribution in [3.63, 3.8) is 0 Å². The monoisotopic (exact) mass is 447 g/mol. The molecule has 0 radical (unpaired) electrons. The Kier molecular flexibility index (Phi) is 6.00. The van der Waals surface area contributed by atoms with E-state index in [1.807, 2.05) is 0 Å². The van der Waals surface area contributed by atoms with Gasteiger partial charge in [-0.2, -0.15) is 0 Å². The van der Waals surface area contributed by atoms with Gasteiger partial charge in [-0.1, -0.05) is 11.6 Å². The van der Waals surface area contributed by atoms with E-state index in [1.165, 1.54) is 29.8 Å². The average Bonchev–Trinajstić information content (AvgIpc) is 3.65. The number of non-ortho nitro benzene ring substituents is 1. The molecule has 6 atom stereocenters. The number of nitrogens with zero attached hydrogens (tertiary/aromatic N) is 1. The number of rotatable bonds is 7. The van der Waals surface area contributed by atoms with E-state index in [2.05, 4.69) is 26.8 Å². The minimum absolute atomic E-state index is 0.0620. The molecule has 2 heterocycles. The molecule has 1 aromatic rings. The van der Waals surface area contributed by atoms with Gasteiger partial charge in [0.15, 0.2) is 0 Å². The van der Waals surface area contributed by atoms with Crippen LogP contribution >= 0.6 is 0 Å². The third kappa shape index (κ3) is 4.37. The standard InChI is InChI=1S/C23H29NO8/c1-14(2)5-10-18-22(3,32-18)20-19(28-4)17(11-12-23(20)13-29-23)31-21(25)30-16-8-6-15(7-9-16)24(26)27/h5-9,17-20H,10-13H2,1-4H3/t17-,18?,19-,20-,22+,23+/m1/s1. The van der Waals surface area contributed by atoms with Crippen LogP contribution in [-0.2, 0) is 18.9 Å². The van der Waals surface area contributed by atoms with Crippen LogP contribution in [0.5, 0.6) is 5.75 Å². The van der Waals surface area contributed by atoms with Crippen LogP contribution in [0.25, 0.3) is 0 Å². The number of hydrogen-bond acceptors (Lipinski definition) is 8.